The minimum absolute atomic E-state index is 0.0299. The summed E-state index contributed by atoms with van der Waals surface area (Å²) in [4.78, 5) is 53.0. The average Bonchev–Trinajstić information content (AvgIpc) is 3.44. The zero-order chi connectivity index (χ0) is 28.3. The Labute approximate surface area is 240 Å². The average molecular weight is 568 g/mol. The number of rotatable bonds is 16. The molecular weight excluding hydrogens is 526 g/mol. The van der Waals surface area contributed by atoms with Crippen molar-refractivity contribution in [1.82, 2.24) is 10.2 Å². The molecule has 0 fully saturated rings. The van der Waals surface area contributed by atoms with E-state index in [-0.39, 0.29) is 23.6 Å². The van der Waals surface area contributed by atoms with E-state index in [1.54, 1.807) is 42.7 Å². The van der Waals surface area contributed by atoms with Crippen LogP contribution in [0.2, 0.25) is 0 Å². The number of nitrogens with zero attached hydrogens (tertiary/aromatic N) is 1. The number of aryl methyl sites for hydroxylation is 1. The van der Waals surface area contributed by atoms with Gasteiger partial charge in [-0.2, -0.15) is 0 Å². The maximum Gasteiger partial charge on any atom is 0.261 e. The molecule has 9 heteroatoms. The molecule has 0 radical (unpaired) electrons. The molecule has 216 valence electrons. The quantitative estimate of drug-likeness (QED) is 0.199. The maximum atomic E-state index is 12.9. The SMILES string of the molecule is COCCNC(=O)c1c(NC(=O)CCCCCCCCCCN2C(=O)c3ccccc3C2=O)sc2c1CCCC2. The van der Waals surface area contributed by atoms with Gasteiger partial charge < -0.3 is 15.4 Å². The number of nitrogens with one attached hydrogen (secondary N) is 2. The van der Waals surface area contributed by atoms with E-state index in [0.29, 0.717) is 47.8 Å². The summed E-state index contributed by atoms with van der Waals surface area (Å²) >= 11 is 1.56. The second-order valence-corrected chi connectivity index (χ2v) is 11.7. The summed E-state index contributed by atoms with van der Waals surface area (Å²) in [7, 11) is 1.61. The second-order valence-electron chi connectivity index (χ2n) is 10.6. The Morgan fingerprint density at radius 3 is 2.20 bits per heavy atom. The maximum absolute atomic E-state index is 12.9. The van der Waals surface area contributed by atoms with Gasteiger partial charge in [0.15, 0.2) is 0 Å². The normalized spacial score (nSPS) is 14.3. The Kier molecular flexibility index (Phi) is 11.3. The van der Waals surface area contributed by atoms with E-state index in [2.05, 4.69) is 10.6 Å². The molecule has 1 aliphatic carbocycles. The van der Waals surface area contributed by atoms with Gasteiger partial charge in [0.1, 0.15) is 5.00 Å². The molecule has 1 aliphatic heterocycles. The Balaban J connectivity index is 1.09. The number of methoxy groups -OCH3 is 1. The summed E-state index contributed by atoms with van der Waals surface area (Å²) in [6.45, 7) is 1.38. The molecule has 0 bridgehead atoms. The highest BCUT2D eigenvalue weighted by atomic mass is 32.1. The van der Waals surface area contributed by atoms with E-state index in [1.165, 1.54) is 9.78 Å². The standard InChI is InChI=1S/C31H41N3O5S/c1-39-21-19-32-28(36)27-24-16-11-12-17-25(24)40-29(27)33-26(35)18-8-6-4-2-3-5-7-13-20-34-30(37)22-14-9-10-15-23(22)31(34)38/h9-10,14-15H,2-8,11-13,16-21H2,1H3,(H,32,36)(H,33,35). The van der Waals surface area contributed by atoms with Crippen molar-refractivity contribution in [2.75, 3.05) is 32.1 Å². The van der Waals surface area contributed by atoms with Crippen LogP contribution in [-0.2, 0) is 22.4 Å². The topological polar surface area (TPSA) is 105 Å². The highest BCUT2D eigenvalue weighted by molar-refractivity contribution is 7.17. The fraction of sp³-hybridized carbons (Fsp3) is 0.548. The van der Waals surface area contributed by atoms with Crippen LogP contribution in [-0.4, -0.2) is 55.3 Å². The minimum Gasteiger partial charge on any atom is -0.383 e. The summed E-state index contributed by atoms with van der Waals surface area (Å²) in [5, 5.41) is 6.64. The number of unbranched alkanes of at least 4 members (excludes halogenated alkanes) is 7. The van der Waals surface area contributed by atoms with Crippen molar-refractivity contribution < 1.29 is 23.9 Å². The number of benzene rings is 1. The summed E-state index contributed by atoms with van der Waals surface area (Å²) in [5.41, 5.74) is 2.77. The van der Waals surface area contributed by atoms with Crippen molar-refractivity contribution in [3.8, 4) is 0 Å². The summed E-state index contributed by atoms with van der Waals surface area (Å²) in [6.07, 6.45) is 12.5. The number of thiophene rings is 1. The van der Waals surface area contributed by atoms with Crippen molar-refractivity contribution in [3.63, 3.8) is 0 Å². The van der Waals surface area contributed by atoms with Crippen LogP contribution in [0.15, 0.2) is 24.3 Å². The Morgan fingerprint density at radius 1 is 0.900 bits per heavy atom. The molecule has 2 aliphatic rings. The molecule has 1 aromatic carbocycles. The minimum atomic E-state index is -0.176. The predicted octanol–water partition coefficient (Wildman–Crippen LogP) is 5.75. The van der Waals surface area contributed by atoms with E-state index in [0.717, 1.165) is 82.6 Å². The molecule has 1 aromatic heterocycles. The van der Waals surface area contributed by atoms with Crippen LogP contribution in [0.4, 0.5) is 5.00 Å². The number of ether oxygens (including phenoxy) is 1. The molecule has 2 aromatic rings. The number of hydrogen-bond donors (Lipinski definition) is 2. The highest BCUT2D eigenvalue weighted by Crippen LogP contribution is 2.38. The number of anilines is 1. The van der Waals surface area contributed by atoms with E-state index < -0.39 is 0 Å². The molecular formula is C31H41N3O5S. The van der Waals surface area contributed by atoms with Gasteiger partial charge in [0.05, 0.1) is 23.3 Å². The number of amides is 4. The van der Waals surface area contributed by atoms with Crippen LogP contribution in [0.25, 0.3) is 0 Å². The van der Waals surface area contributed by atoms with Gasteiger partial charge in [-0.15, -0.1) is 11.3 Å². The van der Waals surface area contributed by atoms with Crippen LogP contribution in [0.1, 0.15) is 112 Å². The molecule has 40 heavy (non-hydrogen) atoms. The molecule has 2 heterocycles. The van der Waals surface area contributed by atoms with Crippen molar-refractivity contribution in [2.24, 2.45) is 0 Å². The van der Waals surface area contributed by atoms with E-state index >= 15 is 0 Å². The van der Waals surface area contributed by atoms with Gasteiger partial charge >= 0.3 is 0 Å². The lowest BCUT2D eigenvalue weighted by molar-refractivity contribution is -0.116. The first kappa shape index (κ1) is 29.9. The zero-order valence-corrected chi connectivity index (χ0v) is 24.3. The zero-order valence-electron chi connectivity index (χ0n) is 23.5. The summed E-state index contributed by atoms with van der Waals surface area (Å²) < 4.78 is 5.04. The van der Waals surface area contributed by atoms with Gasteiger partial charge in [-0.25, -0.2) is 0 Å². The molecule has 0 saturated heterocycles. The third-order valence-electron chi connectivity index (χ3n) is 7.66. The first-order valence-electron chi connectivity index (χ1n) is 14.7. The van der Waals surface area contributed by atoms with Gasteiger partial charge in [0, 0.05) is 31.5 Å². The lowest BCUT2D eigenvalue weighted by Crippen LogP contribution is -2.30. The second kappa shape index (κ2) is 15.1. The van der Waals surface area contributed by atoms with E-state index in [9.17, 15) is 19.2 Å². The highest BCUT2D eigenvalue weighted by Gasteiger charge is 2.34. The molecule has 8 nitrogen and oxygen atoms in total. The fourth-order valence-electron chi connectivity index (χ4n) is 5.50. The number of imide groups is 1. The monoisotopic (exact) mass is 567 g/mol. The van der Waals surface area contributed by atoms with Crippen molar-refractivity contribution in [2.45, 2.75) is 83.5 Å². The van der Waals surface area contributed by atoms with Gasteiger partial charge in [0.2, 0.25) is 5.91 Å². The van der Waals surface area contributed by atoms with Crippen LogP contribution in [0, 0.1) is 0 Å². The van der Waals surface area contributed by atoms with Crippen LogP contribution < -0.4 is 10.6 Å². The van der Waals surface area contributed by atoms with E-state index in [1.807, 2.05) is 0 Å². The van der Waals surface area contributed by atoms with Crippen molar-refractivity contribution >= 4 is 40.0 Å². The van der Waals surface area contributed by atoms with Gasteiger partial charge in [-0.3, -0.25) is 24.1 Å². The van der Waals surface area contributed by atoms with Gasteiger partial charge in [-0.05, 0) is 56.2 Å². The third kappa shape index (κ3) is 7.57. The summed E-state index contributed by atoms with van der Waals surface area (Å²) in [6, 6.07) is 7.02. The molecule has 2 N–H and O–H groups in total. The Bertz CT molecular complexity index is 1170. The molecule has 0 saturated carbocycles. The lowest BCUT2D eigenvalue weighted by Gasteiger charge is -2.13. The molecule has 4 amide bonds. The van der Waals surface area contributed by atoms with Crippen molar-refractivity contribution in [3.05, 3.63) is 51.4 Å². The first-order chi connectivity index (χ1) is 19.5. The third-order valence-corrected chi connectivity index (χ3v) is 8.86. The van der Waals surface area contributed by atoms with Crippen LogP contribution in [0.5, 0.6) is 0 Å². The molecule has 0 unspecified atom stereocenters. The smallest absolute Gasteiger partial charge is 0.261 e. The predicted molar refractivity (Wildman–Crippen MR) is 157 cm³/mol. The van der Waals surface area contributed by atoms with Crippen molar-refractivity contribution in [1.29, 1.82) is 0 Å². The Hall–Kier alpha value is -3.04. The first-order valence-corrected chi connectivity index (χ1v) is 15.5. The summed E-state index contributed by atoms with van der Waals surface area (Å²) in [5.74, 6) is -0.511. The number of hydrogen-bond acceptors (Lipinski definition) is 6. The largest absolute Gasteiger partial charge is 0.383 e. The molecule has 0 atom stereocenters. The van der Waals surface area contributed by atoms with E-state index in [4.69, 9.17) is 4.74 Å². The number of carbonyl (C=O) groups is 4. The molecule has 0 spiro atoms. The number of carbonyl (C=O) groups excluding carboxylic acids is 4. The fourth-order valence-corrected chi connectivity index (χ4v) is 6.80. The van der Waals surface area contributed by atoms with Gasteiger partial charge in [-0.1, -0.05) is 50.7 Å². The van der Waals surface area contributed by atoms with Crippen LogP contribution >= 0.6 is 11.3 Å². The van der Waals surface area contributed by atoms with Crippen LogP contribution in [0.3, 0.4) is 0 Å². The Morgan fingerprint density at radius 2 is 1.52 bits per heavy atom. The lowest BCUT2D eigenvalue weighted by atomic mass is 9.95. The van der Waals surface area contributed by atoms with Gasteiger partial charge in [0.25, 0.3) is 17.7 Å². The molecule has 4 rings (SSSR count). The number of fused-ring (bicyclic) bond motifs is 2.